The summed E-state index contributed by atoms with van der Waals surface area (Å²) < 4.78 is 11.6. The number of hydrogen-bond acceptors (Lipinski definition) is 8. The number of Topliss-reactive ketones (excluding diaryl/α,β-unsaturated/α-hetero) is 1. The molecule has 2 fully saturated rings. The van der Waals surface area contributed by atoms with Crippen LogP contribution in [0.15, 0.2) is 0 Å². The molecule has 0 aromatic carbocycles. The summed E-state index contributed by atoms with van der Waals surface area (Å²) in [5.41, 5.74) is -2.80. The van der Waals surface area contributed by atoms with Gasteiger partial charge in [-0.05, 0) is 67.1 Å². The summed E-state index contributed by atoms with van der Waals surface area (Å²) in [4.78, 5) is 45.1. The summed E-state index contributed by atoms with van der Waals surface area (Å²) in [7, 11) is 7.33. The van der Waals surface area contributed by atoms with E-state index in [1.807, 2.05) is 37.9 Å². The fraction of sp³-hybridized carbons (Fsp3) is 0.885. The Morgan fingerprint density at radius 3 is 2.26 bits per heavy atom. The lowest BCUT2D eigenvalue weighted by atomic mass is 9.74. The van der Waals surface area contributed by atoms with E-state index in [4.69, 9.17) is 9.47 Å². The number of aliphatic hydroxyl groups excluding tert-OH is 1. The number of hydrogen-bond donors (Lipinski definition) is 1. The number of cyclic esters (lactones) is 1. The molecule has 0 bridgehead atoms. The molecular formula is C26H47N3O6. The minimum absolute atomic E-state index is 0.0908. The number of amides is 1. The van der Waals surface area contributed by atoms with Crippen LogP contribution in [0.25, 0.3) is 0 Å². The van der Waals surface area contributed by atoms with Crippen LogP contribution in [0.2, 0.25) is 0 Å². The number of methoxy groups -OCH3 is 1. The Balaban J connectivity index is 2.37. The van der Waals surface area contributed by atoms with Crippen LogP contribution in [0.5, 0.6) is 0 Å². The van der Waals surface area contributed by atoms with Gasteiger partial charge in [-0.2, -0.15) is 0 Å². The first-order valence-corrected chi connectivity index (χ1v) is 12.7. The molecule has 9 heteroatoms. The van der Waals surface area contributed by atoms with Gasteiger partial charge in [0.15, 0.2) is 5.78 Å². The first-order valence-electron chi connectivity index (χ1n) is 12.7. The summed E-state index contributed by atoms with van der Waals surface area (Å²) in [5, 5.41) is 11.2. The second kappa shape index (κ2) is 11.2. The molecule has 202 valence electrons. The van der Waals surface area contributed by atoms with Crippen molar-refractivity contribution < 1.29 is 29.0 Å². The first kappa shape index (κ1) is 29.7. The molecule has 2 aliphatic rings. The van der Waals surface area contributed by atoms with E-state index in [2.05, 4.69) is 11.8 Å². The number of nitrogens with zero attached hydrogens (tertiary/aromatic N) is 3. The smallest absolute Gasteiger partial charge is 0.319 e. The van der Waals surface area contributed by atoms with Gasteiger partial charge < -0.3 is 24.4 Å². The molecular weight excluding hydrogens is 450 g/mol. The number of likely N-dealkylation sites (tertiary alicyclic amines) is 1. The van der Waals surface area contributed by atoms with Crippen LogP contribution in [0, 0.1) is 17.3 Å². The highest BCUT2D eigenvalue weighted by Crippen LogP contribution is 2.36. The molecule has 2 rings (SSSR count). The molecule has 9 nitrogen and oxygen atoms in total. The van der Waals surface area contributed by atoms with Crippen LogP contribution in [0.1, 0.15) is 53.9 Å². The summed E-state index contributed by atoms with van der Waals surface area (Å²) in [6.07, 6.45) is 0.807. The zero-order valence-corrected chi connectivity index (χ0v) is 23.2. The lowest BCUT2D eigenvalue weighted by molar-refractivity contribution is -0.168. The zero-order chi connectivity index (χ0) is 26.8. The minimum atomic E-state index is -1.41. The predicted molar refractivity (Wildman–Crippen MR) is 134 cm³/mol. The van der Waals surface area contributed by atoms with Crippen molar-refractivity contribution in [1.29, 1.82) is 0 Å². The normalized spacial score (nSPS) is 33.1. The molecule has 1 spiro atoms. The van der Waals surface area contributed by atoms with Gasteiger partial charge in [-0.25, -0.2) is 0 Å². The van der Waals surface area contributed by atoms with Crippen molar-refractivity contribution >= 4 is 17.7 Å². The van der Waals surface area contributed by atoms with Crippen LogP contribution in [-0.2, 0) is 23.9 Å². The van der Waals surface area contributed by atoms with Gasteiger partial charge in [0.05, 0.1) is 23.8 Å². The number of ether oxygens (including phenoxy) is 2. The van der Waals surface area contributed by atoms with E-state index in [1.54, 1.807) is 27.9 Å². The van der Waals surface area contributed by atoms with Crippen LogP contribution >= 0.6 is 0 Å². The molecule has 4 atom stereocenters. The van der Waals surface area contributed by atoms with E-state index in [1.165, 1.54) is 0 Å². The minimum Gasteiger partial charge on any atom is -0.463 e. The fourth-order valence-corrected chi connectivity index (χ4v) is 5.64. The van der Waals surface area contributed by atoms with Gasteiger partial charge in [0.25, 0.3) is 0 Å². The number of rotatable bonds is 3. The largest absolute Gasteiger partial charge is 0.463 e. The quantitative estimate of drug-likeness (QED) is 0.462. The number of ketones is 1. The monoisotopic (exact) mass is 497 g/mol. The van der Waals surface area contributed by atoms with Crippen molar-refractivity contribution in [2.45, 2.75) is 71.1 Å². The summed E-state index contributed by atoms with van der Waals surface area (Å²) >= 11 is 0. The molecule has 1 N–H and O–H groups in total. The number of aliphatic hydroxyl groups is 1. The van der Waals surface area contributed by atoms with Crippen molar-refractivity contribution in [3.8, 4) is 0 Å². The Labute approximate surface area is 211 Å². The molecule has 4 unspecified atom stereocenters. The first-order chi connectivity index (χ1) is 16.1. The number of carbonyl (C=O) groups is 3. The number of carbonyl (C=O) groups excluding carboxylic acids is 3. The van der Waals surface area contributed by atoms with Gasteiger partial charge in [-0.1, -0.05) is 13.8 Å². The average molecular weight is 498 g/mol. The standard InChI is InChI=1S/C26H47N3O6/c1-18-14-25(5,34-9)22(32)19(2)21(31)24(3,4)23(33)35-17-26(28(8)15-18)10-12-29(13-11-26)20(30)16-27(6)7/h18-19,22,32H,10-17H2,1-9H3. The van der Waals surface area contributed by atoms with Gasteiger partial charge in [0.1, 0.15) is 12.0 Å². The number of esters is 1. The molecule has 2 aliphatic heterocycles. The molecule has 1 amide bonds. The van der Waals surface area contributed by atoms with E-state index in [0.29, 0.717) is 45.4 Å². The highest BCUT2D eigenvalue weighted by atomic mass is 16.5. The Bertz CT molecular complexity index is 777. The van der Waals surface area contributed by atoms with Crippen LogP contribution in [0.4, 0.5) is 0 Å². The van der Waals surface area contributed by atoms with Gasteiger partial charge in [-0.15, -0.1) is 0 Å². The van der Waals surface area contributed by atoms with Crippen molar-refractivity contribution in [2.24, 2.45) is 17.3 Å². The second-order valence-corrected chi connectivity index (χ2v) is 11.8. The van der Waals surface area contributed by atoms with Gasteiger partial charge >= 0.3 is 5.97 Å². The Hall–Kier alpha value is -1.55. The maximum atomic E-state index is 13.3. The van der Waals surface area contributed by atoms with E-state index >= 15 is 0 Å². The summed E-state index contributed by atoms with van der Waals surface area (Å²) in [5.74, 6) is -1.53. The van der Waals surface area contributed by atoms with E-state index < -0.39 is 34.5 Å². The highest BCUT2D eigenvalue weighted by molar-refractivity contribution is 6.04. The Morgan fingerprint density at radius 1 is 1.17 bits per heavy atom. The topological polar surface area (TPSA) is 99.6 Å². The predicted octanol–water partition coefficient (Wildman–Crippen LogP) is 1.42. The van der Waals surface area contributed by atoms with Crippen molar-refractivity contribution in [2.75, 3.05) is 61.0 Å². The molecule has 0 aliphatic carbocycles. The maximum absolute atomic E-state index is 13.3. The molecule has 2 heterocycles. The van der Waals surface area contributed by atoms with E-state index in [0.717, 1.165) is 0 Å². The molecule has 0 aromatic rings. The van der Waals surface area contributed by atoms with E-state index in [-0.39, 0.29) is 24.2 Å². The molecule has 0 radical (unpaired) electrons. The molecule has 0 saturated carbocycles. The van der Waals surface area contributed by atoms with Crippen LogP contribution in [-0.4, -0.2) is 116 Å². The van der Waals surface area contributed by atoms with Gasteiger partial charge in [-0.3, -0.25) is 19.3 Å². The molecule has 35 heavy (non-hydrogen) atoms. The highest BCUT2D eigenvalue weighted by Gasteiger charge is 2.49. The van der Waals surface area contributed by atoms with E-state index in [9.17, 15) is 19.5 Å². The Kier molecular flexibility index (Phi) is 9.53. The van der Waals surface area contributed by atoms with Gasteiger partial charge in [0.2, 0.25) is 5.91 Å². The van der Waals surface area contributed by atoms with Crippen molar-refractivity contribution in [3.05, 3.63) is 0 Å². The number of piperidine rings is 1. The van der Waals surface area contributed by atoms with Crippen LogP contribution < -0.4 is 0 Å². The third-order valence-electron chi connectivity index (χ3n) is 8.22. The van der Waals surface area contributed by atoms with Crippen LogP contribution in [0.3, 0.4) is 0 Å². The SMILES string of the molecule is COC1(C)CC(C)CN(C)C2(CCN(C(=O)CN(C)C)CC2)COC(=O)C(C)(C)C(=O)C(C)C1O. The average Bonchev–Trinajstić information content (AvgIpc) is 2.79. The lowest BCUT2D eigenvalue weighted by Crippen LogP contribution is -2.59. The summed E-state index contributed by atoms with van der Waals surface area (Å²) in [6.45, 7) is 11.1. The Morgan fingerprint density at radius 2 is 1.74 bits per heavy atom. The zero-order valence-electron chi connectivity index (χ0n) is 23.2. The van der Waals surface area contributed by atoms with Crippen molar-refractivity contribution in [1.82, 2.24) is 14.7 Å². The molecule has 2 saturated heterocycles. The molecule has 0 aromatic heterocycles. The second-order valence-electron chi connectivity index (χ2n) is 11.8. The number of likely N-dealkylation sites (N-methyl/N-ethyl adjacent to an activating group) is 2. The van der Waals surface area contributed by atoms with Crippen molar-refractivity contribution in [3.63, 3.8) is 0 Å². The third-order valence-corrected chi connectivity index (χ3v) is 8.22. The van der Waals surface area contributed by atoms with Gasteiger partial charge in [0, 0.05) is 32.7 Å². The fourth-order valence-electron chi connectivity index (χ4n) is 5.64. The summed E-state index contributed by atoms with van der Waals surface area (Å²) in [6, 6.07) is 0. The third kappa shape index (κ3) is 6.42. The maximum Gasteiger partial charge on any atom is 0.319 e. The lowest BCUT2D eigenvalue weighted by Gasteiger charge is -2.48.